The third kappa shape index (κ3) is 3.71. The summed E-state index contributed by atoms with van der Waals surface area (Å²) in [5, 5.41) is 7.60. The van der Waals surface area contributed by atoms with Gasteiger partial charge in [0, 0.05) is 25.5 Å². The molecule has 3 heteroatoms. The van der Waals surface area contributed by atoms with Gasteiger partial charge < -0.3 is 5.32 Å². The molecule has 0 spiro atoms. The Morgan fingerprint density at radius 2 is 1.94 bits per heavy atom. The van der Waals surface area contributed by atoms with Crippen LogP contribution in [0.2, 0.25) is 0 Å². The summed E-state index contributed by atoms with van der Waals surface area (Å²) in [4.78, 5) is 0. The molecule has 90 valence electrons. The quantitative estimate of drug-likeness (QED) is 0.797. The van der Waals surface area contributed by atoms with E-state index in [2.05, 4.69) is 42.5 Å². The topological polar surface area (TPSA) is 29.9 Å². The molecule has 0 unspecified atom stereocenters. The van der Waals surface area contributed by atoms with Crippen LogP contribution in [0.1, 0.15) is 16.7 Å². The van der Waals surface area contributed by atoms with Crippen LogP contribution in [0.25, 0.3) is 0 Å². The zero-order chi connectivity index (χ0) is 12.1. The molecule has 0 bridgehead atoms. The van der Waals surface area contributed by atoms with Crippen LogP contribution >= 0.6 is 0 Å². The average Bonchev–Trinajstić information content (AvgIpc) is 2.76. The summed E-state index contributed by atoms with van der Waals surface area (Å²) in [6.45, 7) is 7.05. The monoisotopic (exact) mass is 229 g/mol. The molecule has 2 rings (SSSR count). The first-order valence-corrected chi connectivity index (χ1v) is 5.99. The van der Waals surface area contributed by atoms with Gasteiger partial charge in [-0.15, -0.1) is 0 Å². The molecular weight excluding hydrogens is 210 g/mol. The van der Waals surface area contributed by atoms with E-state index < -0.39 is 0 Å². The summed E-state index contributed by atoms with van der Waals surface area (Å²) in [5.41, 5.74) is 4.01. The molecule has 1 heterocycles. The summed E-state index contributed by atoms with van der Waals surface area (Å²) in [7, 11) is 0. The minimum atomic E-state index is 0.914. The highest BCUT2D eigenvalue weighted by Crippen LogP contribution is 2.08. The van der Waals surface area contributed by atoms with E-state index in [0.29, 0.717) is 0 Å². The van der Waals surface area contributed by atoms with Crippen LogP contribution in [0.4, 0.5) is 0 Å². The highest BCUT2D eigenvalue weighted by Gasteiger charge is 1.96. The maximum absolute atomic E-state index is 4.17. The van der Waals surface area contributed by atoms with E-state index in [9.17, 15) is 0 Å². The van der Waals surface area contributed by atoms with Crippen molar-refractivity contribution in [2.75, 3.05) is 6.54 Å². The number of nitrogens with one attached hydrogen (secondary N) is 1. The van der Waals surface area contributed by atoms with Crippen molar-refractivity contribution in [1.29, 1.82) is 0 Å². The molecule has 0 aliphatic carbocycles. The van der Waals surface area contributed by atoms with E-state index in [-0.39, 0.29) is 0 Å². The maximum atomic E-state index is 4.17. The van der Waals surface area contributed by atoms with Crippen LogP contribution < -0.4 is 5.32 Å². The molecule has 0 amide bonds. The predicted octanol–water partition coefficient (Wildman–Crippen LogP) is 2.29. The fourth-order valence-electron chi connectivity index (χ4n) is 2.03. The van der Waals surface area contributed by atoms with Crippen molar-refractivity contribution in [3.63, 3.8) is 0 Å². The molecule has 0 aliphatic rings. The number of aromatic nitrogens is 2. The maximum Gasteiger partial charge on any atom is 0.0534 e. The number of benzene rings is 1. The predicted molar refractivity (Wildman–Crippen MR) is 69.8 cm³/mol. The third-order valence-electron chi connectivity index (χ3n) is 2.69. The number of nitrogens with zero attached hydrogens (tertiary/aromatic N) is 2. The van der Waals surface area contributed by atoms with Gasteiger partial charge in [-0.2, -0.15) is 5.10 Å². The summed E-state index contributed by atoms with van der Waals surface area (Å²) in [6.07, 6.45) is 3.79. The smallest absolute Gasteiger partial charge is 0.0534 e. The fraction of sp³-hybridized carbons (Fsp3) is 0.357. The van der Waals surface area contributed by atoms with Gasteiger partial charge >= 0.3 is 0 Å². The van der Waals surface area contributed by atoms with Gasteiger partial charge in [0.15, 0.2) is 0 Å². The molecule has 1 aromatic heterocycles. The molecule has 1 N–H and O–H groups in total. The van der Waals surface area contributed by atoms with Crippen LogP contribution in [0.3, 0.4) is 0 Å². The summed E-state index contributed by atoms with van der Waals surface area (Å²) >= 11 is 0. The third-order valence-corrected chi connectivity index (χ3v) is 2.69. The Kier molecular flexibility index (Phi) is 3.94. The van der Waals surface area contributed by atoms with E-state index >= 15 is 0 Å². The normalized spacial score (nSPS) is 10.7. The van der Waals surface area contributed by atoms with Crippen LogP contribution in [-0.4, -0.2) is 16.3 Å². The second-order valence-corrected chi connectivity index (χ2v) is 4.44. The standard InChI is InChI=1S/C14H19N3/c1-12-8-13(2)10-14(9-12)11-15-5-7-17-6-3-4-16-17/h3-4,6,8-10,15H,5,7,11H2,1-2H3. The van der Waals surface area contributed by atoms with Crippen molar-refractivity contribution in [3.8, 4) is 0 Å². The molecule has 17 heavy (non-hydrogen) atoms. The van der Waals surface area contributed by atoms with Gasteiger partial charge in [0.05, 0.1) is 6.54 Å². The van der Waals surface area contributed by atoms with E-state index in [4.69, 9.17) is 0 Å². The lowest BCUT2D eigenvalue weighted by molar-refractivity contribution is 0.555. The van der Waals surface area contributed by atoms with Gasteiger partial charge in [0.1, 0.15) is 0 Å². The van der Waals surface area contributed by atoms with E-state index in [0.717, 1.165) is 19.6 Å². The lowest BCUT2D eigenvalue weighted by Gasteiger charge is -2.07. The second kappa shape index (κ2) is 5.64. The zero-order valence-corrected chi connectivity index (χ0v) is 10.5. The largest absolute Gasteiger partial charge is 0.311 e. The highest BCUT2D eigenvalue weighted by molar-refractivity contribution is 5.28. The minimum Gasteiger partial charge on any atom is -0.311 e. The Balaban J connectivity index is 1.78. The second-order valence-electron chi connectivity index (χ2n) is 4.44. The van der Waals surface area contributed by atoms with Crippen LogP contribution in [0, 0.1) is 13.8 Å². The Morgan fingerprint density at radius 3 is 2.59 bits per heavy atom. The Hall–Kier alpha value is -1.61. The first kappa shape index (κ1) is 11.9. The SMILES string of the molecule is Cc1cc(C)cc(CNCCn2cccn2)c1. The van der Waals surface area contributed by atoms with Crippen molar-refractivity contribution in [2.45, 2.75) is 26.9 Å². The molecule has 0 saturated carbocycles. The number of hydrogen-bond acceptors (Lipinski definition) is 2. The Labute approximate surface area is 102 Å². The zero-order valence-electron chi connectivity index (χ0n) is 10.5. The molecule has 1 aromatic carbocycles. The van der Waals surface area contributed by atoms with E-state index in [1.165, 1.54) is 16.7 Å². The molecule has 2 aromatic rings. The van der Waals surface area contributed by atoms with Crippen molar-refractivity contribution < 1.29 is 0 Å². The molecule has 0 atom stereocenters. The van der Waals surface area contributed by atoms with Gasteiger partial charge in [0.2, 0.25) is 0 Å². The molecule has 0 saturated heterocycles. The lowest BCUT2D eigenvalue weighted by Crippen LogP contribution is -2.19. The van der Waals surface area contributed by atoms with Crippen molar-refractivity contribution in [1.82, 2.24) is 15.1 Å². The average molecular weight is 229 g/mol. The van der Waals surface area contributed by atoms with Crippen molar-refractivity contribution in [2.24, 2.45) is 0 Å². The van der Waals surface area contributed by atoms with Crippen LogP contribution in [0.5, 0.6) is 0 Å². The van der Waals surface area contributed by atoms with Crippen LogP contribution in [-0.2, 0) is 13.1 Å². The highest BCUT2D eigenvalue weighted by atomic mass is 15.3. The first-order chi connectivity index (χ1) is 8.24. The molecule has 3 nitrogen and oxygen atoms in total. The molecule has 0 aliphatic heterocycles. The number of rotatable bonds is 5. The van der Waals surface area contributed by atoms with Gasteiger partial charge in [-0.1, -0.05) is 29.3 Å². The van der Waals surface area contributed by atoms with Crippen LogP contribution in [0.15, 0.2) is 36.7 Å². The summed E-state index contributed by atoms with van der Waals surface area (Å²) in [6, 6.07) is 8.61. The Bertz CT molecular complexity index is 440. The van der Waals surface area contributed by atoms with Gasteiger partial charge in [-0.3, -0.25) is 4.68 Å². The van der Waals surface area contributed by atoms with Gasteiger partial charge in [-0.05, 0) is 25.5 Å². The van der Waals surface area contributed by atoms with Crippen molar-refractivity contribution in [3.05, 3.63) is 53.3 Å². The number of hydrogen-bond donors (Lipinski definition) is 1. The molecule has 0 radical (unpaired) electrons. The molecular formula is C14H19N3. The van der Waals surface area contributed by atoms with E-state index in [1.807, 2.05) is 23.1 Å². The Morgan fingerprint density at radius 1 is 1.18 bits per heavy atom. The summed E-state index contributed by atoms with van der Waals surface area (Å²) in [5.74, 6) is 0. The van der Waals surface area contributed by atoms with Gasteiger partial charge in [-0.25, -0.2) is 0 Å². The molecule has 0 fully saturated rings. The van der Waals surface area contributed by atoms with E-state index in [1.54, 1.807) is 0 Å². The lowest BCUT2D eigenvalue weighted by atomic mass is 10.1. The first-order valence-electron chi connectivity index (χ1n) is 5.99. The van der Waals surface area contributed by atoms with Gasteiger partial charge in [0.25, 0.3) is 0 Å². The minimum absolute atomic E-state index is 0.914. The fourth-order valence-corrected chi connectivity index (χ4v) is 2.03. The number of aryl methyl sites for hydroxylation is 2. The van der Waals surface area contributed by atoms with Crippen molar-refractivity contribution >= 4 is 0 Å². The summed E-state index contributed by atoms with van der Waals surface area (Å²) < 4.78 is 1.94.